The molecule has 0 saturated carbocycles. The van der Waals surface area contributed by atoms with E-state index in [4.69, 9.17) is 0 Å². The second-order valence-corrected chi connectivity index (χ2v) is 5.09. The monoisotopic (exact) mass is 258 g/mol. The summed E-state index contributed by atoms with van der Waals surface area (Å²) in [6.45, 7) is 0. The molecule has 2 aromatic carbocycles. The predicted molar refractivity (Wildman–Crippen MR) is 80.8 cm³/mol. The van der Waals surface area contributed by atoms with Gasteiger partial charge in [-0.15, -0.1) is 24.4 Å². The number of hydrogen-bond donors (Lipinski definition) is 1. The predicted octanol–water partition coefficient (Wildman–Crippen LogP) is 4.87. The molecule has 2 rings (SSSR count). The van der Waals surface area contributed by atoms with Crippen LogP contribution in [0, 0.1) is 0 Å². The van der Waals surface area contributed by atoms with Crippen LogP contribution in [0.1, 0.15) is 11.1 Å². The third-order valence-electron chi connectivity index (χ3n) is 2.48. The molecular weight excluding hydrogens is 244 g/mol. The minimum absolute atomic E-state index is 0.992. The minimum atomic E-state index is 0.992. The van der Waals surface area contributed by atoms with Crippen LogP contribution in [0.25, 0.3) is 12.2 Å². The summed E-state index contributed by atoms with van der Waals surface area (Å²) in [6.07, 6.45) is 6.32. The van der Waals surface area contributed by atoms with Crippen molar-refractivity contribution in [3.05, 3.63) is 59.7 Å². The molecule has 0 unspecified atom stereocenters. The maximum atomic E-state index is 4.27. The highest BCUT2D eigenvalue weighted by atomic mass is 32.2. The maximum Gasteiger partial charge on any atom is 0.00695 e. The highest BCUT2D eigenvalue weighted by molar-refractivity contribution is 7.98. The van der Waals surface area contributed by atoms with Crippen LogP contribution >= 0.6 is 24.4 Å². The van der Waals surface area contributed by atoms with Crippen molar-refractivity contribution in [2.45, 2.75) is 9.79 Å². The largest absolute Gasteiger partial charge is 0.143 e. The Balaban J connectivity index is 2.11. The number of benzene rings is 2. The molecule has 17 heavy (non-hydrogen) atoms. The van der Waals surface area contributed by atoms with Crippen molar-refractivity contribution in [1.82, 2.24) is 0 Å². The molecule has 0 bridgehead atoms. The fourth-order valence-corrected chi connectivity index (χ4v) is 2.05. The first-order valence-corrected chi connectivity index (χ1v) is 7.06. The zero-order chi connectivity index (χ0) is 12.1. The van der Waals surface area contributed by atoms with Gasteiger partial charge in [-0.3, -0.25) is 0 Å². The first-order valence-electron chi connectivity index (χ1n) is 5.39. The summed E-state index contributed by atoms with van der Waals surface area (Å²) in [5, 5.41) is 0. The molecule has 0 atom stereocenters. The van der Waals surface area contributed by atoms with Crippen molar-refractivity contribution < 1.29 is 0 Å². The van der Waals surface area contributed by atoms with E-state index in [1.807, 2.05) is 12.1 Å². The van der Waals surface area contributed by atoms with Gasteiger partial charge in [0.05, 0.1) is 0 Å². The van der Waals surface area contributed by atoms with E-state index in [-0.39, 0.29) is 0 Å². The second kappa shape index (κ2) is 5.99. The summed E-state index contributed by atoms with van der Waals surface area (Å²) in [7, 11) is 0. The number of rotatable bonds is 3. The SMILES string of the molecule is CSc1ccc(/C=C/c2ccc(S)cc2)cc1. The molecule has 0 spiro atoms. The second-order valence-electron chi connectivity index (χ2n) is 3.70. The lowest BCUT2D eigenvalue weighted by molar-refractivity contribution is 1.45. The zero-order valence-electron chi connectivity index (χ0n) is 9.63. The minimum Gasteiger partial charge on any atom is -0.143 e. The third kappa shape index (κ3) is 3.69. The van der Waals surface area contributed by atoms with Gasteiger partial charge in [0.15, 0.2) is 0 Å². The molecule has 0 aliphatic heterocycles. The van der Waals surface area contributed by atoms with Crippen molar-refractivity contribution in [3.8, 4) is 0 Å². The van der Waals surface area contributed by atoms with Crippen LogP contribution < -0.4 is 0 Å². The summed E-state index contributed by atoms with van der Waals surface area (Å²) >= 11 is 6.03. The molecule has 0 N–H and O–H groups in total. The molecule has 0 amide bonds. The van der Waals surface area contributed by atoms with Gasteiger partial charge in [-0.05, 0) is 41.6 Å². The van der Waals surface area contributed by atoms with Crippen LogP contribution in [-0.4, -0.2) is 6.26 Å². The lowest BCUT2D eigenvalue weighted by Gasteiger charge is -1.97. The highest BCUT2D eigenvalue weighted by Gasteiger charge is 1.90. The van der Waals surface area contributed by atoms with Crippen molar-refractivity contribution >= 4 is 36.5 Å². The van der Waals surface area contributed by atoms with Crippen LogP contribution in [0.2, 0.25) is 0 Å². The average molecular weight is 258 g/mol. The Kier molecular flexibility index (Phi) is 4.35. The highest BCUT2D eigenvalue weighted by Crippen LogP contribution is 2.16. The number of thioether (sulfide) groups is 1. The van der Waals surface area contributed by atoms with Crippen molar-refractivity contribution in [3.63, 3.8) is 0 Å². The van der Waals surface area contributed by atoms with E-state index in [0.29, 0.717) is 0 Å². The van der Waals surface area contributed by atoms with Gasteiger partial charge in [-0.2, -0.15) is 0 Å². The topological polar surface area (TPSA) is 0 Å². The summed E-state index contributed by atoms with van der Waals surface area (Å²) in [5.74, 6) is 0. The van der Waals surface area contributed by atoms with E-state index in [0.717, 1.165) is 4.90 Å². The lowest BCUT2D eigenvalue weighted by Crippen LogP contribution is -1.74. The van der Waals surface area contributed by atoms with Crippen LogP contribution in [0.3, 0.4) is 0 Å². The zero-order valence-corrected chi connectivity index (χ0v) is 11.3. The molecular formula is C15H14S2. The van der Waals surface area contributed by atoms with E-state index in [9.17, 15) is 0 Å². The van der Waals surface area contributed by atoms with Gasteiger partial charge < -0.3 is 0 Å². The van der Waals surface area contributed by atoms with Gasteiger partial charge in [0, 0.05) is 9.79 Å². The number of thiol groups is 1. The average Bonchev–Trinajstić information content (AvgIpc) is 2.39. The first-order chi connectivity index (χ1) is 8.28. The molecule has 86 valence electrons. The molecule has 2 heteroatoms. The fourth-order valence-electron chi connectivity index (χ4n) is 1.49. The Hall–Kier alpha value is -1.12. The van der Waals surface area contributed by atoms with Gasteiger partial charge in [0.2, 0.25) is 0 Å². The van der Waals surface area contributed by atoms with E-state index in [2.05, 4.69) is 67.4 Å². The van der Waals surface area contributed by atoms with E-state index >= 15 is 0 Å². The molecule has 0 heterocycles. The van der Waals surface area contributed by atoms with Crippen molar-refractivity contribution in [2.24, 2.45) is 0 Å². The molecule has 0 aliphatic rings. The van der Waals surface area contributed by atoms with E-state index in [1.54, 1.807) is 11.8 Å². The Morgan fingerprint density at radius 2 is 1.29 bits per heavy atom. The fraction of sp³-hybridized carbons (Fsp3) is 0.0667. The maximum absolute atomic E-state index is 4.27. The summed E-state index contributed by atoms with van der Waals surface area (Å²) in [6, 6.07) is 16.7. The van der Waals surface area contributed by atoms with Crippen molar-refractivity contribution in [1.29, 1.82) is 0 Å². The first kappa shape index (κ1) is 12.3. The van der Waals surface area contributed by atoms with Crippen LogP contribution in [0.15, 0.2) is 58.3 Å². The normalized spacial score (nSPS) is 10.9. The number of hydrogen-bond acceptors (Lipinski definition) is 2. The van der Waals surface area contributed by atoms with E-state index < -0.39 is 0 Å². The molecule has 0 nitrogen and oxygen atoms in total. The smallest absolute Gasteiger partial charge is 0.00695 e. The summed E-state index contributed by atoms with van der Waals surface area (Å²) < 4.78 is 0. The van der Waals surface area contributed by atoms with Gasteiger partial charge in [-0.1, -0.05) is 36.4 Å². The van der Waals surface area contributed by atoms with Crippen LogP contribution in [0.4, 0.5) is 0 Å². The summed E-state index contributed by atoms with van der Waals surface area (Å²) in [5.41, 5.74) is 2.41. The molecule has 0 saturated heterocycles. The van der Waals surface area contributed by atoms with Gasteiger partial charge in [-0.25, -0.2) is 0 Å². The summed E-state index contributed by atoms with van der Waals surface area (Å²) in [4.78, 5) is 2.29. The van der Waals surface area contributed by atoms with Gasteiger partial charge >= 0.3 is 0 Å². The Morgan fingerprint density at radius 3 is 1.76 bits per heavy atom. The quantitative estimate of drug-likeness (QED) is 0.465. The third-order valence-corrected chi connectivity index (χ3v) is 3.52. The molecule has 2 aromatic rings. The van der Waals surface area contributed by atoms with Crippen LogP contribution in [-0.2, 0) is 0 Å². The molecule has 0 radical (unpaired) electrons. The lowest BCUT2D eigenvalue weighted by atomic mass is 10.1. The van der Waals surface area contributed by atoms with Gasteiger partial charge in [0.25, 0.3) is 0 Å². The Labute approximate surface area is 112 Å². The molecule has 0 aliphatic carbocycles. The Bertz CT molecular complexity index is 495. The Morgan fingerprint density at radius 1 is 0.824 bits per heavy atom. The van der Waals surface area contributed by atoms with Crippen LogP contribution in [0.5, 0.6) is 0 Å². The molecule has 0 aromatic heterocycles. The van der Waals surface area contributed by atoms with E-state index in [1.165, 1.54) is 16.0 Å². The molecule has 0 fully saturated rings. The van der Waals surface area contributed by atoms with Gasteiger partial charge in [0.1, 0.15) is 0 Å². The van der Waals surface area contributed by atoms with Crippen molar-refractivity contribution in [2.75, 3.05) is 6.26 Å². The standard InChI is InChI=1S/C15H14S2/c1-17-15-10-6-13(7-11-15)3-2-12-4-8-14(16)9-5-12/h2-11,16H,1H3/b3-2+.